The van der Waals surface area contributed by atoms with Crippen LogP contribution in [-0.2, 0) is 15.8 Å². The van der Waals surface area contributed by atoms with Gasteiger partial charge in [-0.1, -0.05) is 91.0 Å². The van der Waals surface area contributed by atoms with Gasteiger partial charge in [0.1, 0.15) is 5.60 Å². The Morgan fingerprint density at radius 1 is 0.732 bits per heavy atom. The van der Waals surface area contributed by atoms with Crippen LogP contribution in [0.1, 0.15) is 47.2 Å². The summed E-state index contributed by atoms with van der Waals surface area (Å²) in [7, 11) is 0. The highest BCUT2D eigenvalue weighted by Gasteiger charge is 2.43. The molecule has 0 spiro atoms. The molecule has 2 aliphatic heterocycles. The molecule has 0 radical (unpaired) electrons. The number of hydrogen-bond acceptors (Lipinski definition) is 4. The number of ether oxygens (including phenoxy) is 1. The zero-order valence-electron chi connectivity index (χ0n) is 23.4. The average Bonchev–Trinajstić information content (AvgIpc) is 3.46. The van der Waals surface area contributed by atoms with Gasteiger partial charge in [0.25, 0.3) is 5.91 Å². The lowest BCUT2D eigenvalue weighted by molar-refractivity contribution is -0.0374. The number of primary amides is 1. The summed E-state index contributed by atoms with van der Waals surface area (Å²) in [4.78, 5) is 29.8. The maximum absolute atomic E-state index is 13.4. The second-order valence-corrected chi connectivity index (χ2v) is 11.6. The molecule has 41 heavy (non-hydrogen) atoms. The van der Waals surface area contributed by atoms with E-state index < -0.39 is 11.7 Å². The number of benzene rings is 4. The van der Waals surface area contributed by atoms with Gasteiger partial charge in [0, 0.05) is 50.0 Å². The van der Waals surface area contributed by atoms with E-state index in [9.17, 15) is 9.59 Å². The number of amides is 2. The van der Waals surface area contributed by atoms with Crippen molar-refractivity contribution >= 4 is 22.8 Å². The van der Waals surface area contributed by atoms with Crippen molar-refractivity contribution in [2.45, 2.75) is 36.7 Å². The van der Waals surface area contributed by atoms with Crippen LogP contribution >= 0.6 is 0 Å². The third kappa shape index (κ3) is 5.57. The molecule has 0 aromatic heterocycles. The van der Waals surface area contributed by atoms with Crippen molar-refractivity contribution in [1.29, 1.82) is 0 Å². The van der Waals surface area contributed by atoms with E-state index in [1.54, 1.807) is 0 Å². The minimum Gasteiger partial charge on any atom is -0.438 e. The molecule has 2 saturated heterocycles. The van der Waals surface area contributed by atoms with E-state index in [4.69, 9.17) is 10.5 Å². The van der Waals surface area contributed by atoms with Gasteiger partial charge in [-0.2, -0.15) is 0 Å². The molecule has 2 heterocycles. The molecule has 210 valence electrons. The molecule has 1 unspecified atom stereocenters. The lowest BCUT2D eigenvalue weighted by atomic mass is 9.75. The first kappa shape index (κ1) is 27.0. The third-order valence-electron chi connectivity index (χ3n) is 9.19. The summed E-state index contributed by atoms with van der Waals surface area (Å²) in [6.07, 6.45) is 2.53. The number of carbonyl (C=O) groups is 2. The normalized spacial score (nSPS) is 20.6. The summed E-state index contributed by atoms with van der Waals surface area (Å²) >= 11 is 0. The number of carbonyl (C=O) groups excluding carboxylic acids is 2. The molecule has 4 aromatic carbocycles. The van der Waals surface area contributed by atoms with Gasteiger partial charge in [-0.3, -0.25) is 4.79 Å². The molecular formula is C35H37N3O3. The van der Waals surface area contributed by atoms with E-state index in [2.05, 4.69) is 47.4 Å². The van der Waals surface area contributed by atoms with Crippen molar-refractivity contribution in [3.8, 4) is 0 Å². The van der Waals surface area contributed by atoms with Crippen LogP contribution in [0.5, 0.6) is 0 Å². The second-order valence-electron chi connectivity index (χ2n) is 11.6. The monoisotopic (exact) mass is 547 g/mol. The van der Waals surface area contributed by atoms with E-state index >= 15 is 0 Å². The van der Waals surface area contributed by atoms with Crippen LogP contribution in [0.3, 0.4) is 0 Å². The molecule has 0 saturated carbocycles. The van der Waals surface area contributed by atoms with Gasteiger partial charge in [0.05, 0.1) is 0 Å². The number of fused-ring (bicyclic) bond motifs is 1. The van der Waals surface area contributed by atoms with Crippen molar-refractivity contribution in [2.75, 3.05) is 32.7 Å². The molecule has 2 fully saturated rings. The predicted octanol–water partition coefficient (Wildman–Crippen LogP) is 6.10. The largest absolute Gasteiger partial charge is 0.438 e. The lowest BCUT2D eigenvalue weighted by Crippen LogP contribution is -2.47. The Labute approximate surface area is 241 Å². The smallest absolute Gasteiger partial charge is 0.405 e. The second kappa shape index (κ2) is 11.4. The summed E-state index contributed by atoms with van der Waals surface area (Å²) in [5.74, 6) is 0.0995. The van der Waals surface area contributed by atoms with Gasteiger partial charge in [-0.05, 0) is 53.4 Å². The number of rotatable bonds is 7. The van der Waals surface area contributed by atoms with Crippen molar-refractivity contribution in [3.63, 3.8) is 0 Å². The summed E-state index contributed by atoms with van der Waals surface area (Å²) in [5.41, 5.74) is 7.73. The van der Waals surface area contributed by atoms with E-state index in [0.29, 0.717) is 19.4 Å². The fourth-order valence-corrected chi connectivity index (χ4v) is 6.81. The van der Waals surface area contributed by atoms with E-state index in [1.807, 2.05) is 65.6 Å². The Morgan fingerprint density at radius 2 is 1.39 bits per heavy atom. The predicted molar refractivity (Wildman–Crippen MR) is 162 cm³/mol. The highest BCUT2D eigenvalue weighted by molar-refractivity contribution is 5.94. The molecule has 4 aromatic rings. The quantitative estimate of drug-likeness (QED) is 0.303. The van der Waals surface area contributed by atoms with Gasteiger partial charge < -0.3 is 20.3 Å². The Bertz CT molecular complexity index is 1520. The summed E-state index contributed by atoms with van der Waals surface area (Å²) < 4.78 is 5.77. The van der Waals surface area contributed by atoms with Gasteiger partial charge in [-0.25, -0.2) is 4.79 Å². The molecule has 6 nitrogen and oxygen atoms in total. The van der Waals surface area contributed by atoms with E-state index in [-0.39, 0.29) is 11.3 Å². The lowest BCUT2D eigenvalue weighted by Gasteiger charge is -2.42. The first-order chi connectivity index (χ1) is 20.0. The highest BCUT2D eigenvalue weighted by Crippen LogP contribution is 2.41. The standard InChI is InChI=1S/C35H37N3O3/c36-33(40)41-35(30-13-5-2-6-14-30)19-22-37(23-20-35)21-17-34(31-16-15-27-9-7-8-12-29(27)25-31)18-24-38(26-34)32(39)28-10-3-1-4-11-28/h1-16,25H,17-24,26H2,(H2,36,40). The molecular weight excluding hydrogens is 510 g/mol. The maximum atomic E-state index is 13.4. The van der Waals surface area contributed by atoms with Crippen LogP contribution in [0.15, 0.2) is 103 Å². The Balaban J connectivity index is 1.22. The van der Waals surface area contributed by atoms with Crippen LogP contribution in [0, 0.1) is 0 Å². The zero-order valence-corrected chi connectivity index (χ0v) is 23.4. The van der Waals surface area contributed by atoms with Crippen LogP contribution < -0.4 is 5.73 Å². The number of hydrogen-bond donors (Lipinski definition) is 1. The van der Waals surface area contributed by atoms with Crippen LogP contribution in [0.25, 0.3) is 10.8 Å². The summed E-state index contributed by atoms with van der Waals surface area (Å²) in [5, 5.41) is 2.45. The summed E-state index contributed by atoms with van der Waals surface area (Å²) in [6, 6.07) is 34.8. The zero-order chi connectivity index (χ0) is 28.3. The topological polar surface area (TPSA) is 75.9 Å². The van der Waals surface area contributed by atoms with Crippen LogP contribution in [-0.4, -0.2) is 54.5 Å². The van der Waals surface area contributed by atoms with E-state index in [1.165, 1.54) is 16.3 Å². The number of nitrogens with two attached hydrogens (primary N) is 1. The number of piperidine rings is 1. The minimum atomic E-state index is -0.730. The highest BCUT2D eigenvalue weighted by atomic mass is 16.6. The van der Waals surface area contributed by atoms with Gasteiger partial charge in [0.2, 0.25) is 0 Å². The molecule has 0 aliphatic carbocycles. The van der Waals surface area contributed by atoms with E-state index in [0.717, 1.165) is 50.1 Å². The average molecular weight is 548 g/mol. The molecule has 6 heteroatoms. The minimum absolute atomic E-state index is 0.0995. The maximum Gasteiger partial charge on any atom is 0.405 e. The first-order valence-corrected chi connectivity index (χ1v) is 14.6. The van der Waals surface area contributed by atoms with Gasteiger partial charge >= 0.3 is 6.09 Å². The van der Waals surface area contributed by atoms with Crippen molar-refractivity contribution < 1.29 is 14.3 Å². The van der Waals surface area contributed by atoms with Crippen LogP contribution in [0.2, 0.25) is 0 Å². The fraction of sp³-hybridized carbons (Fsp3) is 0.314. The SMILES string of the molecule is NC(=O)OC1(c2ccccc2)CCN(CCC2(c3ccc4ccccc4c3)CCN(C(=O)c3ccccc3)C2)CC1. The van der Waals surface area contributed by atoms with Crippen LogP contribution in [0.4, 0.5) is 4.79 Å². The Hall–Kier alpha value is -4.16. The van der Waals surface area contributed by atoms with Crippen molar-refractivity contribution in [2.24, 2.45) is 5.73 Å². The molecule has 2 amide bonds. The first-order valence-electron chi connectivity index (χ1n) is 14.6. The summed E-state index contributed by atoms with van der Waals surface area (Å²) in [6.45, 7) is 3.96. The third-order valence-corrected chi connectivity index (χ3v) is 9.19. The molecule has 2 N–H and O–H groups in total. The van der Waals surface area contributed by atoms with Gasteiger partial charge in [0.15, 0.2) is 0 Å². The Kier molecular flexibility index (Phi) is 7.50. The molecule has 6 rings (SSSR count). The van der Waals surface area contributed by atoms with Crippen molar-refractivity contribution in [3.05, 3.63) is 120 Å². The molecule has 1 atom stereocenters. The Morgan fingerprint density at radius 3 is 2.10 bits per heavy atom. The number of nitrogens with zero attached hydrogens (tertiary/aromatic N) is 2. The molecule has 0 bridgehead atoms. The van der Waals surface area contributed by atoms with Gasteiger partial charge in [-0.15, -0.1) is 0 Å². The fourth-order valence-electron chi connectivity index (χ4n) is 6.81. The molecule has 2 aliphatic rings. The number of likely N-dealkylation sites (tertiary alicyclic amines) is 2. The van der Waals surface area contributed by atoms with Crippen molar-refractivity contribution in [1.82, 2.24) is 9.80 Å².